The molecule has 4 nitrogen and oxygen atoms in total. The summed E-state index contributed by atoms with van der Waals surface area (Å²) in [4.78, 5) is 5.85. The Labute approximate surface area is 246 Å². The number of aryl methyl sites for hydroxylation is 1. The normalized spacial score (nSPS) is 24.7. The van der Waals surface area contributed by atoms with E-state index in [1.807, 2.05) is 18.2 Å². The maximum atomic E-state index is 12.9. The summed E-state index contributed by atoms with van der Waals surface area (Å²) in [6, 6.07) is 25.7. The van der Waals surface area contributed by atoms with Crippen LogP contribution >= 0.6 is 0 Å². The summed E-state index contributed by atoms with van der Waals surface area (Å²) in [6.07, 6.45) is 12.5. The van der Waals surface area contributed by atoms with Gasteiger partial charge < -0.3 is 9.80 Å². The third-order valence-electron chi connectivity index (χ3n) is 11.0. The quantitative estimate of drug-likeness (QED) is 0.304. The fourth-order valence-electron chi connectivity index (χ4n) is 8.98. The van der Waals surface area contributed by atoms with Crippen LogP contribution in [0.1, 0.15) is 62.5 Å². The van der Waals surface area contributed by atoms with Crippen molar-refractivity contribution < 1.29 is 8.42 Å². The minimum Gasteiger partial charge on any atom is -0.371 e. The zero-order chi connectivity index (χ0) is 27.9. The predicted octanol–water partition coefficient (Wildman–Crippen LogP) is 7.13. The summed E-state index contributed by atoms with van der Waals surface area (Å²) in [5, 5.41) is 0. The van der Waals surface area contributed by atoms with E-state index in [-0.39, 0.29) is 0 Å². The van der Waals surface area contributed by atoms with Crippen LogP contribution in [0.2, 0.25) is 0 Å². The van der Waals surface area contributed by atoms with Crippen molar-refractivity contribution in [1.82, 2.24) is 4.90 Å². The highest BCUT2D eigenvalue weighted by Crippen LogP contribution is 2.55. The highest BCUT2D eigenvalue weighted by Gasteiger charge is 2.49. The molecule has 0 aromatic heterocycles. The van der Waals surface area contributed by atoms with Gasteiger partial charge in [-0.25, -0.2) is 8.42 Å². The number of sulfone groups is 1. The van der Waals surface area contributed by atoms with E-state index in [1.165, 1.54) is 77.4 Å². The van der Waals surface area contributed by atoms with Gasteiger partial charge in [0.2, 0.25) is 9.84 Å². The summed E-state index contributed by atoms with van der Waals surface area (Å²) in [5.41, 5.74) is 4.92. The molecule has 216 valence electrons. The van der Waals surface area contributed by atoms with Crippen molar-refractivity contribution in [2.24, 2.45) is 17.8 Å². The second-order valence-electron chi connectivity index (χ2n) is 13.2. The fraction of sp³-hybridized carbons (Fsp3) is 0.500. The van der Waals surface area contributed by atoms with Crippen molar-refractivity contribution in [3.8, 4) is 0 Å². The van der Waals surface area contributed by atoms with Crippen LogP contribution in [-0.2, 0) is 21.7 Å². The van der Waals surface area contributed by atoms with Crippen molar-refractivity contribution in [2.75, 3.05) is 37.6 Å². The van der Waals surface area contributed by atoms with E-state index in [4.69, 9.17) is 0 Å². The van der Waals surface area contributed by atoms with Gasteiger partial charge in [-0.15, -0.1) is 0 Å². The van der Waals surface area contributed by atoms with E-state index < -0.39 is 9.84 Å². The zero-order valence-electron chi connectivity index (χ0n) is 24.3. The first-order valence-electron chi connectivity index (χ1n) is 16.0. The van der Waals surface area contributed by atoms with Gasteiger partial charge in [-0.2, -0.15) is 0 Å². The first kappa shape index (κ1) is 27.2. The highest BCUT2D eigenvalue weighted by atomic mass is 32.2. The molecule has 2 saturated heterocycles. The smallest absolute Gasteiger partial charge is 0.206 e. The van der Waals surface area contributed by atoms with E-state index >= 15 is 0 Å². The highest BCUT2D eigenvalue weighted by molar-refractivity contribution is 7.91. The Morgan fingerprint density at radius 1 is 0.707 bits per heavy atom. The molecule has 3 aromatic rings. The molecule has 5 heteroatoms. The van der Waals surface area contributed by atoms with Crippen molar-refractivity contribution in [3.05, 3.63) is 90.0 Å². The van der Waals surface area contributed by atoms with Crippen LogP contribution in [0.5, 0.6) is 0 Å². The molecular formula is C36H44N2O2S. The molecule has 2 aliphatic heterocycles. The molecule has 1 unspecified atom stereocenters. The summed E-state index contributed by atoms with van der Waals surface area (Å²) in [5.74, 6) is 2.40. The third kappa shape index (κ3) is 5.03. The van der Waals surface area contributed by atoms with Gasteiger partial charge in [0, 0.05) is 36.7 Å². The summed E-state index contributed by atoms with van der Waals surface area (Å²) in [6.45, 7) is 5.79. The van der Waals surface area contributed by atoms with Crippen LogP contribution in [0.3, 0.4) is 0 Å². The third-order valence-corrected chi connectivity index (χ3v) is 12.8. The van der Waals surface area contributed by atoms with Gasteiger partial charge in [-0.1, -0.05) is 55.3 Å². The SMILES string of the molecule is O=S(=O)(c1ccccc1)c1ccc(N2CC(CN3CCC(C4(C5CCCC5)CCCc5ccccc54)CC3)C2)cc1. The number of hydrogen-bond acceptors (Lipinski definition) is 4. The number of fused-ring (bicyclic) bond motifs is 1. The Bertz CT molecular complexity index is 1430. The van der Waals surface area contributed by atoms with Gasteiger partial charge in [-0.05, 0) is 117 Å². The standard InChI is InChI=1S/C36H44N2O2S/c39-41(40,33-13-2-1-3-14-33)34-18-16-32(17-19-34)38-26-28(27-38)25-37-23-20-31(21-24-37)36(30-11-5-6-12-30)22-8-10-29-9-4-7-15-35(29)36/h1-4,7,9,13-19,28,30-31H,5-6,8,10-12,20-27H2. The molecule has 0 bridgehead atoms. The number of anilines is 1. The Balaban J connectivity index is 0.954. The lowest BCUT2D eigenvalue weighted by atomic mass is 9.54. The lowest BCUT2D eigenvalue weighted by Gasteiger charge is -2.52. The molecule has 0 N–H and O–H groups in total. The Morgan fingerprint density at radius 3 is 2.07 bits per heavy atom. The van der Waals surface area contributed by atoms with Crippen molar-refractivity contribution >= 4 is 15.5 Å². The van der Waals surface area contributed by atoms with Gasteiger partial charge in [0.15, 0.2) is 0 Å². The van der Waals surface area contributed by atoms with Gasteiger partial charge in [0.25, 0.3) is 0 Å². The van der Waals surface area contributed by atoms with Crippen LogP contribution in [0.4, 0.5) is 5.69 Å². The first-order chi connectivity index (χ1) is 20.0. The molecule has 2 aliphatic carbocycles. The molecule has 0 radical (unpaired) electrons. The second-order valence-corrected chi connectivity index (χ2v) is 15.1. The van der Waals surface area contributed by atoms with E-state index in [1.54, 1.807) is 47.5 Å². The van der Waals surface area contributed by atoms with E-state index in [2.05, 4.69) is 34.1 Å². The lowest BCUT2D eigenvalue weighted by molar-refractivity contribution is 0.0648. The topological polar surface area (TPSA) is 40.6 Å². The van der Waals surface area contributed by atoms with Gasteiger partial charge in [0.05, 0.1) is 9.79 Å². The molecule has 0 spiro atoms. The summed E-state index contributed by atoms with van der Waals surface area (Å²) < 4.78 is 25.9. The molecule has 1 atom stereocenters. The number of rotatable bonds is 7. The van der Waals surface area contributed by atoms with Crippen LogP contribution in [0.25, 0.3) is 0 Å². The van der Waals surface area contributed by atoms with Crippen LogP contribution in [-0.4, -0.2) is 46.0 Å². The molecule has 1 saturated carbocycles. The van der Waals surface area contributed by atoms with Crippen LogP contribution < -0.4 is 4.90 Å². The van der Waals surface area contributed by atoms with Crippen LogP contribution in [0, 0.1) is 17.8 Å². The Kier molecular flexibility index (Phi) is 7.45. The molecule has 3 fully saturated rings. The largest absolute Gasteiger partial charge is 0.371 e. The summed E-state index contributed by atoms with van der Waals surface area (Å²) in [7, 11) is -3.46. The van der Waals surface area contributed by atoms with Gasteiger partial charge in [-0.3, -0.25) is 0 Å². The molecular weight excluding hydrogens is 524 g/mol. The van der Waals surface area contributed by atoms with Crippen molar-refractivity contribution in [1.29, 1.82) is 0 Å². The Morgan fingerprint density at radius 2 is 1.34 bits per heavy atom. The maximum absolute atomic E-state index is 12.9. The molecule has 7 rings (SSSR count). The van der Waals surface area contributed by atoms with E-state index in [0.29, 0.717) is 21.1 Å². The minimum atomic E-state index is -3.46. The number of nitrogens with zero attached hydrogens (tertiary/aromatic N) is 2. The molecule has 4 aliphatic rings. The molecule has 3 aromatic carbocycles. The zero-order valence-corrected chi connectivity index (χ0v) is 25.1. The van der Waals surface area contributed by atoms with Crippen molar-refractivity contribution in [2.45, 2.75) is 73.0 Å². The number of hydrogen-bond donors (Lipinski definition) is 0. The van der Waals surface area contributed by atoms with E-state index in [0.717, 1.165) is 30.6 Å². The van der Waals surface area contributed by atoms with Crippen molar-refractivity contribution in [3.63, 3.8) is 0 Å². The molecule has 2 heterocycles. The number of benzene rings is 3. The lowest BCUT2D eigenvalue weighted by Crippen LogP contribution is -2.54. The average Bonchev–Trinajstić information content (AvgIpc) is 3.55. The second kappa shape index (κ2) is 11.2. The average molecular weight is 569 g/mol. The number of likely N-dealkylation sites (tertiary alicyclic amines) is 1. The van der Waals surface area contributed by atoms with Gasteiger partial charge >= 0.3 is 0 Å². The Hall–Kier alpha value is -2.63. The number of piperidine rings is 1. The first-order valence-corrected chi connectivity index (χ1v) is 17.5. The van der Waals surface area contributed by atoms with E-state index in [9.17, 15) is 8.42 Å². The predicted molar refractivity (Wildman–Crippen MR) is 166 cm³/mol. The molecule has 41 heavy (non-hydrogen) atoms. The minimum absolute atomic E-state index is 0.349. The monoisotopic (exact) mass is 568 g/mol. The van der Waals surface area contributed by atoms with Crippen LogP contribution in [0.15, 0.2) is 88.7 Å². The van der Waals surface area contributed by atoms with Gasteiger partial charge in [0.1, 0.15) is 0 Å². The summed E-state index contributed by atoms with van der Waals surface area (Å²) >= 11 is 0. The maximum Gasteiger partial charge on any atom is 0.206 e. The fourth-order valence-corrected chi connectivity index (χ4v) is 10.3. The molecule has 0 amide bonds.